The lowest BCUT2D eigenvalue weighted by atomic mass is 10.3. The molecule has 0 bridgehead atoms. The van der Waals surface area contributed by atoms with Crippen molar-refractivity contribution in [3.8, 4) is 11.5 Å². The van der Waals surface area contributed by atoms with E-state index >= 15 is 0 Å². The Morgan fingerprint density at radius 2 is 1.82 bits per heavy atom. The second-order valence-electron chi connectivity index (χ2n) is 5.01. The highest BCUT2D eigenvalue weighted by molar-refractivity contribution is 6.35. The minimum atomic E-state index is 0.132. The summed E-state index contributed by atoms with van der Waals surface area (Å²) in [6.45, 7) is 5.12. The normalized spacial score (nSPS) is 10.6. The van der Waals surface area contributed by atoms with Gasteiger partial charge in [0.15, 0.2) is 0 Å². The molecule has 5 heteroatoms. The number of hydrogen-bond acceptors (Lipinski definition) is 3. The predicted molar refractivity (Wildman–Crippen MR) is 92.7 cm³/mol. The van der Waals surface area contributed by atoms with Crippen LogP contribution in [0.3, 0.4) is 0 Å². The Kier molecular flexibility index (Phi) is 6.22. The minimum absolute atomic E-state index is 0.132. The summed E-state index contributed by atoms with van der Waals surface area (Å²) in [6.07, 6.45) is 0.132. The van der Waals surface area contributed by atoms with E-state index in [2.05, 4.69) is 5.32 Å². The first-order chi connectivity index (χ1) is 10.6. The Labute approximate surface area is 141 Å². The summed E-state index contributed by atoms with van der Waals surface area (Å²) < 4.78 is 11.4. The molecule has 3 nitrogen and oxygen atoms in total. The van der Waals surface area contributed by atoms with Crippen LogP contribution in [0.4, 0.5) is 5.69 Å². The van der Waals surface area contributed by atoms with E-state index in [1.165, 1.54) is 0 Å². The zero-order chi connectivity index (χ0) is 15.9. The van der Waals surface area contributed by atoms with Crippen LogP contribution in [0.1, 0.15) is 13.8 Å². The third kappa shape index (κ3) is 5.00. The van der Waals surface area contributed by atoms with Gasteiger partial charge in [0.25, 0.3) is 0 Å². The number of halogens is 2. The Morgan fingerprint density at radius 3 is 2.55 bits per heavy atom. The minimum Gasteiger partial charge on any atom is -0.490 e. The molecule has 0 radical (unpaired) electrons. The molecule has 0 unspecified atom stereocenters. The molecule has 2 aromatic rings. The van der Waals surface area contributed by atoms with Crippen LogP contribution in [0.15, 0.2) is 42.5 Å². The van der Waals surface area contributed by atoms with Crippen molar-refractivity contribution in [1.29, 1.82) is 0 Å². The highest BCUT2D eigenvalue weighted by Crippen LogP contribution is 2.28. The summed E-state index contributed by atoms with van der Waals surface area (Å²) in [5, 5.41) is 4.40. The Bertz CT molecular complexity index is 617. The molecule has 0 fully saturated rings. The van der Waals surface area contributed by atoms with Gasteiger partial charge in [-0.2, -0.15) is 0 Å². The number of anilines is 1. The fraction of sp³-hybridized carbons (Fsp3) is 0.294. The standard InChI is InChI=1S/C17H19Cl2NO2/c1-12(2)22-17-6-4-3-5-15(17)20-9-10-21-16-8-7-13(18)11-14(16)19/h3-8,11-12,20H,9-10H2,1-2H3. The van der Waals surface area contributed by atoms with Gasteiger partial charge in [0.2, 0.25) is 0 Å². The number of ether oxygens (including phenoxy) is 2. The van der Waals surface area contributed by atoms with Gasteiger partial charge < -0.3 is 14.8 Å². The zero-order valence-corrected chi connectivity index (χ0v) is 14.1. The molecule has 0 spiro atoms. The van der Waals surface area contributed by atoms with Crippen LogP contribution in [-0.4, -0.2) is 19.3 Å². The number of para-hydroxylation sites is 2. The summed E-state index contributed by atoms with van der Waals surface area (Å²) >= 11 is 11.9. The quantitative estimate of drug-likeness (QED) is 0.697. The second kappa shape index (κ2) is 8.16. The highest BCUT2D eigenvalue weighted by atomic mass is 35.5. The van der Waals surface area contributed by atoms with Crippen molar-refractivity contribution in [1.82, 2.24) is 0 Å². The molecule has 22 heavy (non-hydrogen) atoms. The van der Waals surface area contributed by atoms with Crippen molar-refractivity contribution < 1.29 is 9.47 Å². The molecule has 0 saturated carbocycles. The van der Waals surface area contributed by atoms with Gasteiger partial charge in [-0.05, 0) is 44.2 Å². The summed E-state index contributed by atoms with van der Waals surface area (Å²) in [4.78, 5) is 0. The third-order valence-corrected chi connectivity index (χ3v) is 3.35. The lowest BCUT2D eigenvalue weighted by Gasteiger charge is -2.15. The number of rotatable bonds is 7. The molecule has 1 N–H and O–H groups in total. The van der Waals surface area contributed by atoms with Gasteiger partial charge in [0, 0.05) is 11.6 Å². The van der Waals surface area contributed by atoms with Crippen LogP contribution < -0.4 is 14.8 Å². The highest BCUT2D eigenvalue weighted by Gasteiger charge is 2.05. The van der Waals surface area contributed by atoms with E-state index in [9.17, 15) is 0 Å². The average Bonchev–Trinajstić information content (AvgIpc) is 2.46. The number of benzene rings is 2. The number of nitrogens with one attached hydrogen (secondary N) is 1. The van der Waals surface area contributed by atoms with Crippen molar-refractivity contribution in [3.05, 3.63) is 52.5 Å². The van der Waals surface area contributed by atoms with E-state index in [1.807, 2.05) is 38.1 Å². The van der Waals surface area contributed by atoms with Gasteiger partial charge in [-0.3, -0.25) is 0 Å². The molecule has 0 aliphatic carbocycles. The van der Waals surface area contributed by atoms with Crippen LogP contribution >= 0.6 is 23.2 Å². The van der Waals surface area contributed by atoms with Crippen molar-refractivity contribution >= 4 is 28.9 Å². The number of hydrogen-bond donors (Lipinski definition) is 1. The molecule has 0 saturated heterocycles. The van der Waals surface area contributed by atoms with Crippen LogP contribution in [0.2, 0.25) is 10.0 Å². The Hall–Kier alpha value is -1.58. The first-order valence-electron chi connectivity index (χ1n) is 7.13. The fourth-order valence-corrected chi connectivity index (χ4v) is 2.37. The second-order valence-corrected chi connectivity index (χ2v) is 5.86. The van der Waals surface area contributed by atoms with Gasteiger partial charge in [-0.1, -0.05) is 35.3 Å². The molecule has 0 aliphatic heterocycles. The van der Waals surface area contributed by atoms with Crippen LogP contribution in [0, 0.1) is 0 Å². The molecule has 0 aromatic heterocycles. The molecular weight excluding hydrogens is 321 g/mol. The molecule has 0 heterocycles. The maximum atomic E-state index is 6.06. The Balaban J connectivity index is 1.86. The summed E-state index contributed by atoms with van der Waals surface area (Å²) in [5.74, 6) is 1.46. The molecular formula is C17H19Cl2NO2. The molecule has 2 aromatic carbocycles. The monoisotopic (exact) mass is 339 g/mol. The first kappa shape index (κ1) is 16.8. The van der Waals surface area contributed by atoms with Crippen LogP contribution in [0.5, 0.6) is 11.5 Å². The van der Waals surface area contributed by atoms with Crippen molar-refractivity contribution in [2.75, 3.05) is 18.5 Å². The molecule has 0 atom stereocenters. The Morgan fingerprint density at radius 1 is 1.05 bits per heavy atom. The van der Waals surface area contributed by atoms with Gasteiger partial charge in [-0.25, -0.2) is 0 Å². The fourth-order valence-electron chi connectivity index (χ4n) is 1.91. The average molecular weight is 340 g/mol. The largest absolute Gasteiger partial charge is 0.490 e. The smallest absolute Gasteiger partial charge is 0.142 e. The van der Waals surface area contributed by atoms with Crippen molar-refractivity contribution in [2.45, 2.75) is 20.0 Å². The SMILES string of the molecule is CC(C)Oc1ccccc1NCCOc1ccc(Cl)cc1Cl. The van der Waals surface area contributed by atoms with E-state index < -0.39 is 0 Å². The zero-order valence-electron chi connectivity index (χ0n) is 12.6. The molecule has 0 aliphatic rings. The van der Waals surface area contributed by atoms with Crippen LogP contribution in [-0.2, 0) is 0 Å². The maximum absolute atomic E-state index is 6.06. The van der Waals surface area contributed by atoms with Gasteiger partial charge in [-0.15, -0.1) is 0 Å². The van der Waals surface area contributed by atoms with Gasteiger partial charge in [0.05, 0.1) is 16.8 Å². The van der Waals surface area contributed by atoms with Gasteiger partial charge in [0.1, 0.15) is 18.1 Å². The van der Waals surface area contributed by atoms with Gasteiger partial charge >= 0.3 is 0 Å². The molecule has 2 rings (SSSR count). The van der Waals surface area contributed by atoms with E-state index in [-0.39, 0.29) is 6.10 Å². The van der Waals surface area contributed by atoms with E-state index in [0.717, 1.165) is 11.4 Å². The van der Waals surface area contributed by atoms with E-state index in [4.69, 9.17) is 32.7 Å². The molecule has 118 valence electrons. The van der Waals surface area contributed by atoms with Crippen LogP contribution in [0.25, 0.3) is 0 Å². The summed E-state index contributed by atoms with van der Waals surface area (Å²) in [5.41, 5.74) is 0.946. The maximum Gasteiger partial charge on any atom is 0.142 e. The summed E-state index contributed by atoms with van der Waals surface area (Å²) in [7, 11) is 0. The molecule has 0 amide bonds. The topological polar surface area (TPSA) is 30.5 Å². The first-order valence-corrected chi connectivity index (χ1v) is 7.89. The third-order valence-electron chi connectivity index (χ3n) is 2.82. The van der Waals surface area contributed by atoms with E-state index in [0.29, 0.717) is 28.9 Å². The summed E-state index contributed by atoms with van der Waals surface area (Å²) in [6, 6.07) is 13.0. The lowest BCUT2D eigenvalue weighted by Crippen LogP contribution is -2.13. The van der Waals surface area contributed by atoms with Crippen molar-refractivity contribution in [3.63, 3.8) is 0 Å². The lowest BCUT2D eigenvalue weighted by molar-refractivity contribution is 0.243. The predicted octanol–water partition coefficient (Wildman–Crippen LogP) is 5.27. The van der Waals surface area contributed by atoms with Crippen molar-refractivity contribution in [2.24, 2.45) is 0 Å². The van der Waals surface area contributed by atoms with E-state index in [1.54, 1.807) is 18.2 Å².